The molecule has 0 spiro atoms. The molecule has 0 atom stereocenters. The van der Waals surface area contributed by atoms with Crippen LogP contribution in [-0.2, 0) is 13.6 Å². The molecule has 0 fully saturated rings. The van der Waals surface area contributed by atoms with Crippen molar-refractivity contribution in [1.82, 2.24) is 23.7 Å². The second kappa shape index (κ2) is 6.75. The molecule has 0 bridgehead atoms. The van der Waals surface area contributed by atoms with E-state index in [0.717, 1.165) is 5.52 Å². The van der Waals surface area contributed by atoms with Gasteiger partial charge in [0.1, 0.15) is 5.75 Å². The van der Waals surface area contributed by atoms with Gasteiger partial charge >= 0.3 is 11.7 Å². The average Bonchev–Trinajstić information content (AvgIpc) is 3.10. The van der Waals surface area contributed by atoms with E-state index in [1.54, 1.807) is 51.2 Å². The van der Waals surface area contributed by atoms with Gasteiger partial charge in [-0.2, -0.15) is 4.98 Å². The second-order valence-corrected chi connectivity index (χ2v) is 6.56. The highest BCUT2D eigenvalue weighted by atomic mass is 35.5. The van der Waals surface area contributed by atoms with Crippen molar-refractivity contribution >= 4 is 34.4 Å². The highest BCUT2D eigenvalue weighted by Gasteiger charge is 2.15. The molecule has 0 aliphatic carbocycles. The van der Waals surface area contributed by atoms with Crippen molar-refractivity contribution in [2.24, 2.45) is 7.05 Å². The van der Waals surface area contributed by atoms with Crippen molar-refractivity contribution < 1.29 is 4.74 Å². The van der Waals surface area contributed by atoms with E-state index in [4.69, 9.17) is 27.9 Å². The fraction of sp³-hybridized carbons (Fsp3) is 0.167. The van der Waals surface area contributed by atoms with Crippen molar-refractivity contribution in [3.63, 3.8) is 0 Å². The largest absolute Gasteiger partial charge is 0.425 e. The van der Waals surface area contributed by atoms with Crippen molar-refractivity contribution in [1.29, 1.82) is 0 Å². The molecule has 0 N–H and O–H groups in total. The maximum absolute atomic E-state index is 12.8. The Labute approximate surface area is 164 Å². The summed E-state index contributed by atoms with van der Waals surface area (Å²) in [5, 5.41) is 0.476. The third-order valence-electron chi connectivity index (χ3n) is 4.26. The van der Waals surface area contributed by atoms with Gasteiger partial charge in [-0.05, 0) is 43.3 Å². The summed E-state index contributed by atoms with van der Waals surface area (Å²) in [5.41, 5.74) is 1.96. The van der Waals surface area contributed by atoms with Gasteiger partial charge < -0.3 is 4.74 Å². The zero-order valence-electron chi connectivity index (χ0n) is 14.6. The maximum atomic E-state index is 12.8. The molecule has 0 radical (unpaired) electrons. The number of rotatable bonds is 4. The minimum Gasteiger partial charge on any atom is -0.425 e. The highest BCUT2D eigenvalue weighted by Crippen LogP contribution is 2.29. The summed E-state index contributed by atoms with van der Waals surface area (Å²) in [6, 6.07) is 11.0. The molecule has 0 saturated carbocycles. The zero-order valence-corrected chi connectivity index (χ0v) is 16.1. The lowest BCUT2D eigenvalue weighted by Crippen LogP contribution is -2.22. The van der Waals surface area contributed by atoms with Crippen LogP contribution in [-0.4, -0.2) is 23.7 Å². The Hall–Kier alpha value is -2.77. The summed E-state index contributed by atoms with van der Waals surface area (Å²) < 4.78 is 10.5. The molecule has 0 amide bonds. The maximum Gasteiger partial charge on any atom is 0.334 e. The number of ether oxygens (including phenoxy) is 1. The molecule has 4 rings (SSSR count). The van der Waals surface area contributed by atoms with Gasteiger partial charge in [-0.15, -0.1) is 0 Å². The number of hydrogen-bond acceptors (Lipinski definition) is 4. The Balaban J connectivity index is 1.73. The minimum atomic E-state index is -0.137. The first-order valence-electron chi connectivity index (χ1n) is 8.23. The summed E-state index contributed by atoms with van der Waals surface area (Å²) in [6.07, 6.45) is 1.67. The fourth-order valence-electron chi connectivity index (χ4n) is 2.91. The molecule has 27 heavy (non-hydrogen) atoms. The normalized spacial score (nSPS) is 11.3. The van der Waals surface area contributed by atoms with E-state index in [0.29, 0.717) is 28.8 Å². The van der Waals surface area contributed by atoms with E-state index >= 15 is 0 Å². The van der Waals surface area contributed by atoms with Gasteiger partial charge in [-0.1, -0.05) is 23.2 Å². The number of halogens is 2. The van der Waals surface area contributed by atoms with E-state index in [1.165, 1.54) is 0 Å². The monoisotopic (exact) mass is 403 g/mol. The van der Waals surface area contributed by atoms with Gasteiger partial charge in [0.25, 0.3) is 0 Å². The highest BCUT2D eigenvalue weighted by molar-refractivity contribution is 6.40. The predicted octanol–water partition coefficient (Wildman–Crippen LogP) is 4.04. The SMILES string of the molecule is CCn1c(=O)n(-c2ccc(Oc3nc(Cl)c(Cl)n3C)cc2)c2ncccc21. The Kier molecular flexibility index (Phi) is 4.41. The quantitative estimate of drug-likeness (QED) is 0.515. The molecule has 0 aliphatic heterocycles. The average molecular weight is 404 g/mol. The first-order chi connectivity index (χ1) is 13.0. The third kappa shape index (κ3) is 2.89. The first kappa shape index (κ1) is 17.6. The first-order valence-corrected chi connectivity index (χ1v) is 8.99. The number of nitrogens with zero attached hydrogens (tertiary/aromatic N) is 5. The molecule has 9 heteroatoms. The van der Waals surface area contributed by atoms with Gasteiger partial charge in [0, 0.05) is 19.8 Å². The molecular weight excluding hydrogens is 389 g/mol. The van der Waals surface area contributed by atoms with Crippen LogP contribution in [0.5, 0.6) is 11.8 Å². The van der Waals surface area contributed by atoms with Crippen LogP contribution < -0.4 is 10.4 Å². The van der Waals surface area contributed by atoms with Crippen LogP contribution in [0.4, 0.5) is 0 Å². The topological polar surface area (TPSA) is 66.9 Å². The van der Waals surface area contributed by atoms with Crippen LogP contribution in [0.25, 0.3) is 16.9 Å². The van der Waals surface area contributed by atoms with Crippen molar-refractivity contribution in [3.8, 4) is 17.4 Å². The lowest BCUT2D eigenvalue weighted by Gasteiger charge is -2.07. The van der Waals surface area contributed by atoms with E-state index in [1.807, 2.05) is 19.1 Å². The number of hydrogen-bond donors (Lipinski definition) is 0. The molecule has 138 valence electrons. The molecule has 7 nitrogen and oxygen atoms in total. The van der Waals surface area contributed by atoms with Crippen LogP contribution in [0, 0.1) is 0 Å². The molecule has 1 aromatic carbocycles. The van der Waals surface area contributed by atoms with Gasteiger partial charge in [-0.3, -0.25) is 9.13 Å². The van der Waals surface area contributed by atoms with Crippen LogP contribution in [0.3, 0.4) is 0 Å². The second-order valence-electron chi connectivity index (χ2n) is 5.84. The van der Waals surface area contributed by atoms with Crippen LogP contribution in [0.1, 0.15) is 6.92 Å². The van der Waals surface area contributed by atoms with Gasteiger partial charge in [-0.25, -0.2) is 14.3 Å². The number of benzene rings is 1. The standard InChI is InChI=1S/C18H15Cl2N5O2/c1-3-24-13-5-4-10-21-16(13)25(18(24)26)11-6-8-12(9-7-11)27-17-22-14(19)15(20)23(17)2/h4-10H,3H2,1-2H3. The molecule has 3 heterocycles. The Morgan fingerprint density at radius 2 is 1.89 bits per heavy atom. The van der Waals surface area contributed by atoms with Gasteiger partial charge in [0.15, 0.2) is 16.0 Å². The number of imidazole rings is 2. The lowest BCUT2D eigenvalue weighted by molar-refractivity contribution is 0.425. The van der Waals surface area contributed by atoms with Crippen LogP contribution in [0.2, 0.25) is 10.3 Å². The number of aryl methyl sites for hydroxylation is 1. The Morgan fingerprint density at radius 3 is 2.52 bits per heavy atom. The summed E-state index contributed by atoms with van der Waals surface area (Å²) in [6.45, 7) is 2.49. The summed E-state index contributed by atoms with van der Waals surface area (Å²) in [4.78, 5) is 21.2. The predicted molar refractivity (Wildman–Crippen MR) is 104 cm³/mol. The molecule has 0 saturated heterocycles. The molecule has 0 unspecified atom stereocenters. The van der Waals surface area contributed by atoms with Crippen molar-refractivity contribution in [3.05, 3.63) is 63.4 Å². The van der Waals surface area contributed by atoms with E-state index in [-0.39, 0.29) is 16.9 Å². The Bertz CT molecular complexity index is 1190. The third-order valence-corrected chi connectivity index (χ3v) is 5.05. The number of pyridine rings is 1. The molecule has 4 aromatic rings. The molecule has 3 aromatic heterocycles. The van der Waals surface area contributed by atoms with Gasteiger partial charge in [0.2, 0.25) is 0 Å². The lowest BCUT2D eigenvalue weighted by atomic mass is 10.3. The summed E-state index contributed by atoms with van der Waals surface area (Å²) in [7, 11) is 1.70. The van der Waals surface area contributed by atoms with E-state index < -0.39 is 0 Å². The Morgan fingerprint density at radius 1 is 1.15 bits per heavy atom. The van der Waals surface area contributed by atoms with Crippen molar-refractivity contribution in [2.75, 3.05) is 0 Å². The number of fused-ring (bicyclic) bond motifs is 1. The summed E-state index contributed by atoms with van der Waals surface area (Å²) in [5.74, 6) is 0.542. The van der Waals surface area contributed by atoms with E-state index in [9.17, 15) is 4.79 Å². The van der Waals surface area contributed by atoms with E-state index in [2.05, 4.69) is 9.97 Å². The smallest absolute Gasteiger partial charge is 0.334 e. The minimum absolute atomic E-state index is 0.137. The van der Waals surface area contributed by atoms with Crippen LogP contribution in [0.15, 0.2) is 47.4 Å². The molecular formula is C18H15Cl2N5O2. The molecule has 0 aliphatic rings. The number of aromatic nitrogens is 5. The van der Waals surface area contributed by atoms with Crippen LogP contribution >= 0.6 is 23.2 Å². The van der Waals surface area contributed by atoms with Crippen molar-refractivity contribution in [2.45, 2.75) is 13.5 Å². The fourth-order valence-corrected chi connectivity index (χ4v) is 3.23. The zero-order chi connectivity index (χ0) is 19.1. The van der Waals surface area contributed by atoms with Gasteiger partial charge in [0.05, 0.1) is 11.2 Å². The summed E-state index contributed by atoms with van der Waals surface area (Å²) >= 11 is 11.9.